The molecule has 1 aliphatic rings. The van der Waals surface area contributed by atoms with Crippen molar-refractivity contribution in [2.75, 3.05) is 90.9 Å². The van der Waals surface area contributed by atoms with Gasteiger partial charge < -0.3 is 29.6 Å². The van der Waals surface area contributed by atoms with Crippen LogP contribution in [0.1, 0.15) is 5.56 Å². The number of anilines is 1. The van der Waals surface area contributed by atoms with Crippen molar-refractivity contribution in [1.29, 1.82) is 0 Å². The molecule has 8 nitrogen and oxygen atoms in total. The molecule has 1 fully saturated rings. The lowest BCUT2D eigenvalue weighted by Crippen LogP contribution is -2.38. The molecule has 0 radical (unpaired) electrons. The van der Waals surface area contributed by atoms with Crippen molar-refractivity contribution in [3.05, 3.63) is 29.8 Å². The van der Waals surface area contributed by atoms with Crippen LogP contribution in [0, 0.1) is 6.92 Å². The van der Waals surface area contributed by atoms with E-state index >= 15 is 0 Å². The van der Waals surface area contributed by atoms with Crippen molar-refractivity contribution in [1.82, 2.24) is 10.2 Å². The van der Waals surface area contributed by atoms with Gasteiger partial charge in [0.2, 0.25) is 5.91 Å². The maximum Gasteiger partial charge on any atom is 0.238 e. The predicted molar refractivity (Wildman–Crippen MR) is 112 cm³/mol. The molecule has 0 aromatic heterocycles. The van der Waals surface area contributed by atoms with Gasteiger partial charge in [0.1, 0.15) is 0 Å². The third-order valence-corrected chi connectivity index (χ3v) is 4.48. The van der Waals surface area contributed by atoms with Gasteiger partial charge in [-0.15, -0.1) is 0 Å². The summed E-state index contributed by atoms with van der Waals surface area (Å²) in [4.78, 5) is 14.5. The predicted octanol–water partition coefficient (Wildman–Crippen LogP) is 0.905. The van der Waals surface area contributed by atoms with E-state index < -0.39 is 0 Å². The van der Waals surface area contributed by atoms with Gasteiger partial charge in [-0.2, -0.15) is 0 Å². The molecule has 29 heavy (non-hydrogen) atoms. The lowest BCUT2D eigenvalue weighted by Gasteiger charge is -2.22. The summed E-state index contributed by atoms with van der Waals surface area (Å²) in [7, 11) is 0. The molecule has 1 aromatic rings. The SMILES string of the molecule is Cc1ccccc1NC(=O)CN1CCOCCOCCNCCOCCOCC1. The summed E-state index contributed by atoms with van der Waals surface area (Å²) in [6.07, 6.45) is 0. The molecule has 8 heteroatoms. The lowest BCUT2D eigenvalue weighted by atomic mass is 10.2. The van der Waals surface area contributed by atoms with E-state index in [0.717, 1.165) is 24.3 Å². The molecule has 0 atom stereocenters. The average molecular weight is 410 g/mol. The molecule has 0 unspecified atom stereocenters. The monoisotopic (exact) mass is 409 g/mol. The highest BCUT2D eigenvalue weighted by molar-refractivity contribution is 5.92. The van der Waals surface area contributed by atoms with Crippen LogP contribution in [-0.4, -0.2) is 96.4 Å². The Morgan fingerprint density at radius 1 is 0.897 bits per heavy atom. The fraction of sp³-hybridized carbons (Fsp3) is 0.667. The van der Waals surface area contributed by atoms with E-state index in [9.17, 15) is 4.79 Å². The van der Waals surface area contributed by atoms with Crippen LogP contribution in [0.3, 0.4) is 0 Å². The van der Waals surface area contributed by atoms with Crippen molar-refractivity contribution in [2.24, 2.45) is 0 Å². The van der Waals surface area contributed by atoms with Crippen LogP contribution < -0.4 is 10.6 Å². The molecule has 1 amide bonds. The van der Waals surface area contributed by atoms with Crippen molar-refractivity contribution in [3.63, 3.8) is 0 Å². The summed E-state index contributed by atoms with van der Waals surface area (Å²) >= 11 is 0. The Labute approximate surface area is 173 Å². The van der Waals surface area contributed by atoms with Gasteiger partial charge >= 0.3 is 0 Å². The Morgan fingerprint density at radius 2 is 1.45 bits per heavy atom. The van der Waals surface area contributed by atoms with Gasteiger partial charge in [-0.1, -0.05) is 18.2 Å². The number of benzene rings is 1. The quantitative estimate of drug-likeness (QED) is 0.768. The first-order valence-electron chi connectivity index (χ1n) is 10.4. The van der Waals surface area contributed by atoms with E-state index in [1.807, 2.05) is 36.1 Å². The number of amides is 1. The highest BCUT2D eigenvalue weighted by Crippen LogP contribution is 2.12. The van der Waals surface area contributed by atoms with E-state index in [-0.39, 0.29) is 5.91 Å². The molecular weight excluding hydrogens is 374 g/mol. The fourth-order valence-corrected chi connectivity index (χ4v) is 2.82. The third kappa shape index (κ3) is 11.3. The number of nitrogens with zero attached hydrogens (tertiary/aromatic N) is 1. The first kappa shape index (κ1) is 23.7. The standard InChI is InChI=1S/C21H35N3O5/c1-19-4-2-3-5-20(19)23-21(25)18-24-8-12-28-16-14-26-10-6-22-7-11-27-15-17-29-13-9-24/h2-5,22H,6-18H2,1H3,(H,23,25). The normalized spacial score (nSPS) is 19.8. The molecular formula is C21H35N3O5. The minimum atomic E-state index is -0.0411. The molecule has 0 spiro atoms. The van der Waals surface area contributed by atoms with E-state index in [1.54, 1.807) is 0 Å². The number of hydrogen-bond donors (Lipinski definition) is 2. The summed E-state index contributed by atoms with van der Waals surface area (Å²) < 4.78 is 22.3. The molecule has 1 aromatic carbocycles. The zero-order valence-corrected chi connectivity index (χ0v) is 17.5. The van der Waals surface area contributed by atoms with Crippen LogP contribution in [0.25, 0.3) is 0 Å². The maximum absolute atomic E-state index is 12.5. The number of aryl methyl sites for hydroxylation is 1. The first-order valence-corrected chi connectivity index (χ1v) is 10.4. The van der Waals surface area contributed by atoms with Gasteiger partial charge in [-0.3, -0.25) is 9.69 Å². The van der Waals surface area contributed by atoms with Gasteiger partial charge in [0.05, 0.1) is 59.4 Å². The van der Waals surface area contributed by atoms with Gasteiger partial charge in [-0.25, -0.2) is 0 Å². The second-order valence-electron chi connectivity index (χ2n) is 6.84. The molecule has 1 heterocycles. The fourth-order valence-electron chi connectivity index (χ4n) is 2.82. The van der Waals surface area contributed by atoms with Crippen molar-refractivity contribution >= 4 is 11.6 Å². The summed E-state index contributed by atoms with van der Waals surface area (Å²) in [5.41, 5.74) is 1.89. The van der Waals surface area contributed by atoms with Crippen LogP contribution >= 0.6 is 0 Å². The minimum absolute atomic E-state index is 0.0411. The van der Waals surface area contributed by atoms with Gasteiger partial charge in [0.25, 0.3) is 0 Å². The summed E-state index contributed by atoms with van der Waals surface area (Å²) in [6.45, 7) is 9.78. The first-order chi connectivity index (χ1) is 14.3. The van der Waals surface area contributed by atoms with E-state index in [4.69, 9.17) is 18.9 Å². The van der Waals surface area contributed by atoms with Crippen molar-refractivity contribution in [2.45, 2.75) is 6.92 Å². The second-order valence-corrected chi connectivity index (χ2v) is 6.84. The van der Waals surface area contributed by atoms with Crippen LogP contribution in [0.5, 0.6) is 0 Å². The number of rotatable bonds is 3. The number of carbonyl (C=O) groups is 1. The Kier molecular flexibility index (Phi) is 12.5. The van der Waals surface area contributed by atoms with Crippen LogP contribution in [0.4, 0.5) is 5.69 Å². The molecule has 1 aliphatic heterocycles. The zero-order chi connectivity index (χ0) is 20.6. The van der Waals surface area contributed by atoms with Crippen molar-refractivity contribution < 1.29 is 23.7 Å². The Balaban J connectivity index is 1.77. The smallest absolute Gasteiger partial charge is 0.238 e. The largest absolute Gasteiger partial charge is 0.378 e. The topological polar surface area (TPSA) is 81.3 Å². The number of para-hydroxylation sites is 1. The van der Waals surface area contributed by atoms with Gasteiger partial charge in [0, 0.05) is 31.9 Å². The maximum atomic E-state index is 12.5. The van der Waals surface area contributed by atoms with E-state index in [0.29, 0.717) is 72.5 Å². The Hall–Kier alpha value is -1.55. The summed E-state index contributed by atoms with van der Waals surface area (Å²) in [6, 6.07) is 7.77. The lowest BCUT2D eigenvalue weighted by molar-refractivity contribution is -0.117. The highest BCUT2D eigenvalue weighted by Gasteiger charge is 2.12. The molecule has 0 aliphatic carbocycles. The second kappa shape index (κ2) is 15.3. The molecule has 164 valence electrons. The molecule has 0 bridgehead atoms. The third-order valence-electron chi connectivity index (χ3n) is 4.48. The summed E-state index contributed by atoms with van der Waals surface area (Å²) in [5.74, 6) is -0.0411. The molecule has 2 N–H and O–H groups in total. The average Bonchev–Trinajstić information content (AvgIpc) is 2.71. The van der Waals surface area contributed by atoms with E-state index in [1.165, 1.54) is 0 Å². The highest BCUT2D eigenvalue weighted by atomic mass is 16.5. The van der Waals surface area contributed by atoms with Crippen molar-refractivity contribution in [3.8, 4) is 0 Å². The number of hydrogen-bond acceptors (Lipinski definition) is 7. The van der Waals surface area contributed by atoms with Crippen LogP contribution in [0.2, 0.25) is 0 Å². The summed E-state index contributed by atoms with van der Waals surface area (Å²) in [5, 5.41) is 6.24. The molecule has 0 saturated carbocycles. The van der Waals surface area contributed by atoms with E-state index in [2.05, 4.69) is 10.6 Å². The van der Waals surface area contributed by atoms with Gasteiger partial charge in [-0.05, 0) is 18.6 Å². The van der Waals surface area contributed by atoms with Crippen LogP contribution in [-0.2, 0) is 23.7 Å². The Bertz CT molecular complexity index is 555. The number of ether oxygens (including phenoxy) is 4. The minimum Gasteiger partial charge on any atom is -0.378 e. The van der Waals surface area contributed by atoms with Gasteiger partial charge in [0.15, 0.2) is 0 Å². The number of nitrogens with one attached hydrogen (secondary N) is 2. The Morgan fingerprint density at radius 3 is 2.03 bits per heavy atom. The zero-order valence-electron chi connectivity index (χ0n) is 17.5. The molecule has 1 saturated heterocycles. The number of carbonyl (C=O) groups excluding carboxylic acids is 1. The molecule has 2 rings (SSSR count). The van der Waals surface area contributed by atoms with Crippen LogP contribution in [0.15, 0.2) is 24.3 Å².